The highest BCUT2D eigenvalue weighted by Gasteiger charge is 2.50. The lowest BCUT2D eigenvalue weighted by atomic mass is 9.98. The van der Waals surface area contributed by atoms with Crippen LogP contribution >= 0.6 is 11.6 Å². The normalized spacial score (nSPS) is 28.5. The van der Waals surface area contributed by atoms with Gasteiger partial charge < -0.3 is 14.8 Å². The van der Waals surface area contributed by atoms with E-state index in [9.17, 15) is 26.4 Å². The van der Waals surface area contributed by atoms with Gasteiger partial charge in [0.1, 0.15) is 0 Å². The molecule has 3 fully saturated rings. The number of anilines is 1. The quantitative estimate of drug-likeness (QED) is 0.470. The Balaban J connectivity index is 1.34. The fourth-order valence-electron chi connectivity index (χ4n) is 6.09. The zero-order valence-electron chi connectivity index (χ0n) is 21.7. The Bertz CT molecular complexity index is 1380. The predicted octanol–water partition coefficient (Wildman–Crippen LogP) is 5.18. The van der Waals surface area contributed by atoms with E-state index < -0.39 is 44.2 Å². The van der Waals surface area contributed by atoms with E-state index in [0.717, 1.165) is 6.42 Å². The van der Waals surface area contributed by atoms with Crippen LogP contribution in [0.1, 0.15) is 50.4 Å². The van der Waals surface area contributed by atoms with Gasteiger partial charge in [-0.1, -0.05) is 18.5 Å². The molecular formula is C27H30ClF3N2O5S. The number of hydrogen-bond donors (Lipinski definition) is 1. The number of nitrogens with zero attached hydrogens (tertiary/aromatic N) is 1. The molecule has 3 saturated heterocycles. The Morgan fingerprint density at radius 1 is 1.13 bits per heavy atom. The summed E-state index contributed by atoms with van der Waals surface area (Å²) >= 11 is 6.32. The van der Waals surface area contributed by atoms with Crippen molar-refractivity contribution in [2.24, 2.45) is 5.92 Å². The smallest absolute Gasteiger partial charge is 0.255 e. The Labute approximate surface area is 230 Å². The number of piperidine rings is 1. The second-order valence-corrected chi connectivity index (χ2v) is 13.7. The van der Waals surface area contributed by atoms with Crippen molar-refractivity contribution in [1.82, 2.24) is 4.90 Å². The molecule has 39 heavy (non-hydrogen) atoms. The van der Waals surface area contributed by atoms with Gasteiger partial charge in [0.05, 0.1) is 27.9 Å². The molecule has 3 aliphatic rings. The second kappa shape index (κ2) is 10.3. The molecule has 2 aromatic rings. The predicted molar refractivity (Wildman–Crippen MR) is 139 cm³/mol. The zero-order chi connectivity index (χ0) is 28.3. The molecule has 0 aliphatic carbocycles. The van der Waals surface area contributed by atoms with Gasteiger partial charge >= 0.3 is 0 Å². The van der Waals surface area contributed by atoms with Crippen LogP contribution in [0.25, 0.3) is 0 Å². The maximum Gasteiger partial charge on any atom is 0.255 e. The number of fused-ring (bicyclic) bond motifs is 2. The fourth-order valence-corrected chi connectivity index (χ4v) is 8.44. The van der Waals surface area contributed by atoms with Gasteiger partial charge in [0, 0.05) is 42.0 Å². The minimum absolute atomic E-state index is 0.0213. The molecule has 0 spiro atoms. The van der Waals surface area contributed by atoms with Gasteiger partial charge in [-0.25, -0.2) is 21.6 Å². The van der Waals surface area contributed by atoms with E-state index in [-0.39, 0.29) is 39.4 Å². The van der Waals surface area contributed by atoms with Crippen molar-refractivity contribution >= 4 is 33.0 Å². The summed E-state index contributed by atoms with van der Waals surface area (Å²) in [6.45, 7) is 7.02. The van der Waals surface area contributed by atoms with Crippen LogP contribution in [-0.4, -0.2) is 61.6 Å². The molecule has 2 unspecified atom stereocenters. The average Bonchev–Trinajstić information content (AvgIpc) is 3.27. The largest absolute Gasteiger partial charge is 0.348 e. The fraction of sp³-hybridized carbons (Fsp3) is 0.519. The Morgan fingerprint density at radius 3 is 2.44 bits per heavy atom. The summed E-state index contributed by atoms with van der Waals surface area (Å²) in [4.78, 5) is 15.0. The number of carbonyl (C=O) groups is 1. The Hall–Kier alpha value is -2.18. The highest BCUT2D eigenvalue weighted by Crippen LogP contribution is 2.44. The first kappa shape index (κ1) is 28.4. The summed E-state index contributed by atoms with van der Waals surface area (Å²) in [5.41, 5.74) is -0.383. The minimum atomic E-state index is -3.92. The van der Waals surface area contributed by atoms with Crippen molar-refractivity contribution in [3.05, 3.63) is 58.4 Å². The third-order valence-electron chi connectivity index (χ3n) is 7.90. The van der Waals surface area contributed by atoms with E-state index in [1.54, 1.807) is 0 Å². The van der Waals surface area contributed by atoms with Gasteiger partial charge in [-0.3, -0.25) is 9.69 Å². The highest BCUT2D eigenvalue weighted by molar-refractivity contribution is 7.92. The van der Waals surface area contributed by atoms with Crippen LogP contribution in [0.3, 0.4) is 0 Å². The number of hydrogen-bond acceptors (Lipinski definition) is 6. The summed E-state index contributed by atoms with van der Waals surface area (Å²) in [7, 11) is -3.92. The molecule has 5 atom stereocenters. The van der Waals surface area contributed by atoms with Gasteiger partial charge in [-0.15, -0.1) is 0 Å². The van der Waals surface area contributed by atoms with Crippen LogP contribution in [0.2, 0.25) is 5.02 Å². The van der Waals surface area contributed by atoms with Crippen LogP contribution in [-0.2, 0) is 19.3 Å². The molecule has 0 saturated carbocycles. The van der Waals surface area contributed by atoms with E-state index >= 15 is 0 Å². The molecule has 0 radical (unpaired) electrons. The third-order valence-corrected chi connectivity index (χ3v) is 10.6. The first-order chi connectivity index (χ1) is 18.2. The van der Waals surface area contributed by atoms with Crippen LogP contribution < -0.4 is 5.32 Å². The average molecular weight is 587 g/mol. The lowest BCUT2D eigenvalue weighted by molar-refractivity contribution is -0.141. The van der Waals surface area contributed by atoms with E-state index in [4.69, 9.17) is 21.1 Å². The van der Waals surface area contributed by atoms with Crippen LogP contribution in [0.15, 0.2) is 35.2 Å². The molecule has 7 nitrogen and oxygen atoms in total. The van der Waals surface area contributed by atoms with E-state index in [0.29, 0.717) is 44.0 Å². The topological polar surface area (TPSA) is 84.9 Å². The number of halogens is 4. The van der Waals surface area contributed by atoms with Crippen molar-refractivity contribution in [1.29, 1.82) is 0 Å². The second-order valence-electron chi connectivity index (χ2n) is 11.1. The summed E-state index contributed by atoms with van der Waals surface area (Å²) in [5, 5.41) is 1.55. The molecule has 12 heteroatoms. The maximum atomic E-state index is 13.8. The van der Waals surface area contributed by atoms with Crippen molar-refractivity contribution < 1.29 is 35.9 Å². The maximum absolute atomic E-state index is 13.8. The Kier molecular flexibility index (Phi) is 7.51. The summed E-state index contributed by atoms with van der Waals surface area (Å²) < 4.78 is 79.7. The van der Waals surface area contributed by atoms with Gasteiger partial charge in [-0.05, 0) is 57.2 Å². The van der Waals surface area contributed by atoms with Gasteiger partial charge in [0.25, 0.3) is 5.91 Å². The van der Waals surface area contributed by atoms with Crippen LogP contribution in [0, 0.1) is 23.4 Å². The van der Waals surface area contributed by atoms with Crippen molar-refractivity contribution in [2.45, 2.75) is 74.2 Å². The molecule has 212 valence electrons. The van der Waals surface area contributed by atoms with Gasteiger partial charge in [0.2, 0.25) is 0 Å². The number of ether oxygens (including phenoxy) is 2. The summed E-state index contributed by atoms with van der Waals surface area (Å²) in [6, 6.07) is 5.17. The molecule has 3 heterocycles. The van der Waals surface area contributed by atoms with E-state index in [1.807, 2.05) is 13.8 Å². The molecular weight excluding hydrogens is 557 g/mol. The molecule has 0 aromatic heterocycles. The molecule has 5 rings (SSSR count). The van der Waals surface area contributed by atoms with Crippen molar-refractivity contribution in [3.8, 4) is 0 Å². The standard InChI is InChI=1S/C27H30ClF3N2O5S/c1-14-6-17-10-19(11-23(14)33(17)12-18-13-37-27(2,3)38-18)39(35,36)24-7-15(4-5-20(24)28)26(34)32-16-8-21(29)25(31)22(30)9-16/h4-5,7-9,14,17-19,23H,6,10-13H2,1-3H3,(H,32,34)/t14-,17?,18-,19+,23?/m0/s1. The van der Waals surface area contributed by atoms with Gasteiger partial charge in [-0.2, -0.15) is 0 Å². The lowest BCUT2D eigenvalue weighted by Gasteiger charge is -2.40. The molecule has 2 bridgehead atoms. The Morgan fingerprint density at radius 2 is 1.82 bits per heavy atom. The summed E-state index contributed by atoms with van der Waals surface area (Å²) in [5.74, 6) is -5.74. The third kappa shape index (κ3) is 5.56. The lowest BCUT2D eigenvalue weighted by Crippen LogP contribution is -2.50. The molecule has 1 amide bonds. The van der Waals surface area contributed by atoms with Gasteiger partial charge in [0.15, 0.2) is 33.1 Å². The number of amides is 1. The minimum Gasteiger partial charge on any atom is -0.348 e. The SMILES string of the molecule is C[C@H]1CC2C[C@@H](S(=O)(=O)c3cc(C(=O)Nc4cc(F)c(F)c(F)c4)ccc3Cl)CC1N2C[C@H]1COC(C)(C)O1. The number of carbonyl (C=O) groups excluding carboxylic acids is 1. The zero-order valence-corrected chi connectivity index (χ0v) is 23.3. The van der Waals surface area contributed by atoms with E-state index in [2.05, 4.69) is 17.1 Å². The number of benzene rings is 2. The number of rotatable bonds is 6. The first-order valence-electron chi connectivity index (χ1n) is 12.8. The van der Waals surface area contributed by atoms with Crippen molar-refractivity contribution in [3.63, 3.8) is 0 Å². The van der Waals surface area contributed by atoms with E-state index in [1.165, 1.54) is 18.2 Å². The molecule has 2 aromatic carbocycles. The monoisotopic (exact) mass is 586 g/mol. The van der Waals surface area contributed by atoms with Crippen LogP contribution in [0.5, 0.6) is 0 Å². The first-order valence-corrected chi connectivity index (χ1v) is 14.7. The van der Waals surface area contributed by atoms with Crippen molar-refractivity contribution in [2.75, 3.05) is 18.5 Å². The molecule has 1 N–H and O–H groups in total. The summed E-state index contributed by atoms with van der Waals surface area (Å²) in [6.07, 6.45) is 1.61. The van der Waals surface area contributed by atoms with Crippen LogP contribution in [0.4, 0.5) is 18.9 Å². The number of nitrogens with one attached hydrogen (secondary N) is 1. The highest BCUT2D eigenvalue weighted by atomic mass is 35.5. The number of sulfone groups is 1. The molecule has 3 aliphatic heterocycles.